The first-order valence-electron chi connectivity index (χ1n) is 8.57. The van der Waals surface area contributed by atoms with Crippen LogP contribution in [0.1, 0.15) is 31.9 Å². The van der Waals surface area contributed by atoms with Gasteiger partial charge in [0.25, 0.3) is 11.8 Å². The van der Waals surface area contributed by atoms with Gasteiger partial charge in [-0.15, -0.1) is 0 Å². The zero-order chi connectivity index (χ0) is 19.2. The van der Waals surface area contributed by atoms with Gasteiger partial charge in [-0.05, 0) is 19.9 Å². The minimum atomic E-state index is -1.08. The minimum Gasteiger partial charge on any atom is -0.454 e. The van der Waals surface area contributed by atoms with Crippen molar-refractivity contribution < 1.29 is 19.1 Å². The van der Waals surface area contributed by atoms with Crippen LogP contribution in [-0.2, 0) is 9.59 Å². The summed E-state index contributed by atoms with van der Waals surface area (Å²) < 4.78 is 11.2. The molecule has 0 aromatic heterocycles. The second-order valence-electron chi connectivity index (χ2n) is 7.66. The van der Waals surface area contributed by atoms with Crippen LogP contribution in [0.4, 0.5) is 0 Å². The Hall–Kier alpha value is -2.05. The normalized spacial score (nSPS) is 39.0. The summed E-state index contributed by atoms with van der Waals surface area (Å²) >= 11 is 0. The van der Waals surface area contributed by atoms with Gasteiger partial charge in [-0.1, -0.05) is 33.7 Å². The Bertz CT molecular complexity index is 949. The number of nitriles is 1. The van der Waals surface area contributed by atoms with Crippen LogP contribution in [-0.4, -0.2) is 45.2 Å². The molecule has 5 aliphatic rings. The lowest BCUT2D eigenvalue weighted by Gasteiger charge is -2.57. The van der Waals surface area contributed by atoms with E-state index >= 15 is 0 Å². The maximum atomic E-state index is 13.5. The Kier molecular flexibility index (Phi) is 3.20. The number of rotatable bonds is 1. The van der Waals surface area contributed by atoms with Gasteiger partial charge in [0.05, 0.1) is 17.5 Å². The van der Waals surface area contributed by atoms with Gasteiger partial charge in [0.15, 0.2) is 21.2 Å². The van der Waals surface area contributed by atoms with Crippen molar-refractivity contribution in [2.75, 3.05) is 13.8 Å². The number of fused-ring (bicyclic) bond motifs is 3. The van der Waals surface area contributed by atoms with Gasteiger partial charge >= 0.3 is 0 Å². The van der Waals surface area contributed by atoms with E-state index in [1.54, 1.807) is 24.9 Å². The third-order valence-corrected chi connectivity index (χ3v) is 9.77. The van der Waals surface area contributed by atoms with Crippen LogP contribution < -0.4 is 9.47 Å². The summed E-state index contributed by atoms with van der Waals surface area (Å²) in [4.78, 5) is 27.9. The van der Waals surface area contributed by atoms with Gasteiger partial charge < -0.3 is 19.3 Å². The standard InChI is InChI=1S/C18H17N3O4S2/c1-16(8-19)7-18-15(23)20(3)17(2,26-27-18)14(22)21(18)13(16)10-5-4-6-11-12(10)25-9-24-11/h4-6,13H,7,9H2,1-3H3/t13?,16-,17?,18?/m1/s1. The van der Waals surface area contributed by atoms with Crippen molar-refractivity contribution in [1.82, 2.24) is 9.80 Å². The summed E-state index contributed by atoms with van der Waals surface area (Å²) in [6.45, 7) is 3.69. The maximum Gasteiger partial charge on any atom is 0.261 e. The second kappa shape index (κ2) is 5.06. The van der Waals surface area contributed by atoms with Crippen LogP contribution in [0.2, 0.25) is 0 Å². The summed E-state index contributed by atoms with van der Waals surface area (Å²) in [6, 6.07) is 7.30. The van der Waals surface area contributed by atoms with Crippen molar-refractivity contribution in [3.05, 3.63) is 23.8 Å². The molecule has 5 heterocycles. The fourth-order valence-electron chi connectivity index (χ4n) is 4.55. The Morgan fingerprint density at radius 3 is 2.74 bits per heavy atom. The number of carbonyl (C=O) groups is 2. The summed E-state index contributed by atoms with van der Waals surface area (Å²) in [6.07, 6.45) is 0.272. The number of benzene rings is 1. The van der Waals surface area contributed by atoms with Crippen molar-refractivity contribution in [3.63, 3.8) is 0 Å². The van der Waals surface area contributed by atoms with Crippen molar-refractivity contribution in [2.24, 2.45) is 5.41 Å². The molecule has 4 fully saturated rings. The molecule has 5 aliphatic heterocycles. The largest absolute Gasteiger partial charge is 0.454 e. The van der Waals surface area contributed by atoms with Gasteiger partial charge in [-0.25, -0.2) is 0 Å². The Morgan fingerprint density at radius 2 is 2.00 bits per heavy atom. The van der Waals surface area contributed by atoms with E-state index in [1.807, 2.05) is 19.1 Å². The highest BCUT2D eigenvalue weighted by atomic mass is 33.1. The van der Waals surface area contributed by atoms with Crippen LogP contribution in [0.25, 0.3) is 0 Å². The number of ether oxygens (including phenoxy) is 2. The molecule has 4 saturated heterocycles. The first-order valence-corrected chi connectivity index (χ1v) is 10.7. The molecule has 9 heteroatoms. The predicted molar refractivity (Wildman–Crippen MR) is 99.6 cm³/mol. The lowest BCUT2D eigenvalue weighted by molar-refractivity contribution is -0.164. The molecule has 0 aliphatic carbocycles. The molecule has 7 nitrogen and oxygen atoms in total. The smallest absolute Gasteiger partial charge is 0.261 e. The summed E-state index contributed by atoms with van der Waals surface area (Å²) in [5.41, 5.74) is -0.215. The van der Waals surface area contributed by atoms with E-state index in [9.17, 15) is 14.9 Å². The highest BCUT2D eigenvalue weighted by Crippen LogP contribution is 2.70. The fraction of sp³-hybridized carbons (Fsp3) is 0.500. The van der Waals surface area contributed by atoms with Gasteiger partial charge in [-0.2, -0.15) is 5.26 Å². The first kappa shape index (κ1) is 17.1. The molecule has 27 heavy (non-hydrogen) atoms. The number of amides is 2. The Morgan fingerprint density at radius 1 is 1.22 bits per heavy atom. The van der Waals surface area contributed by atoms with E-state index in [4.69, 9.17) is 9.47 Å². The van der Waals surface area contributed by atoms with Gasteiger partial charge in [-0.3, -0.25) is 9.59 Å². The lowest BCUT2D eigenvalue weighted by atomic mass is 9.79. The molecule has 0 N–H and O–H groups in total. The number of piperazine rings is 1. The zero-order valence-corrected chi connectivity index (χ0v) is 16.6. The molecule has 4 atom stereocenters. The van der Waals surface area contributed by atoms with Crippen LogP contribution in [0, 0.1) is 16.7 Å². The second-order valence-corrected chi connectivity index (χ2v) is 10.5. The van der Waals surface area contributed by atoms with E-state index in [-0.39, 0.29) is 25.0 Å². The third-order valence-electron chi connectivity index (χ3n) is 6.07. The van der Waals surface area contributed by atoms with E-state index in [1.165, 1.54) is 26.5 Å². The molecule has 3 unspecified atom stereocenters. The number of likely N-dealkylation sites (N-methyl/N-ethyl adjacent to an activating group) is 1. The molecule has 6 rings (SSSR count). The van der Waals surface area contributed by atoms with Gasteiger partial charge in [0.2, 0.25) is 6.79 Å². The first-order chi connectivity index (χ1) is 12.8. The highest BCUT2D eigenvalue weighted by molar-refractivity contribution is 8.78. The number of hydrogen-bond donors (Lipinski definition) is 0. The molecular formula is C18H17N3O4S2. The monoisotopic (exact) mass is 403 g/mol. The summed E-state index contributed by atoms with van der Waals surface area (Å²) in [7, 11) is 4.47. The number of nitrogens with zero attached hydrogens (tertiary/aromatic N) is 3. The van der Waals surface area contributed by atoms with E-state index < -0.39 is 21.2 Å². The SMILES string of the molecule is CN1C(=O)C23C[C@](C)(C#N)C(c4cccc5c4OCO5)N2C(=O)C1(C)SS3. The van der Waals surface area contributed by atoms with Crippen LogP contribution in [0.5, 0.6) is 11.5 Å². The fourth-order valence-corrected chi connectivity index (χ4v) is 8.14. The van der Waals surface area contributed by atoms with Crippen LogP contribution >= 0.6 is 21.6 Å². The van der Waals surface area contributed by atoms with Crippen LogP contribution in [0.3, 0.4) is 0 Å². The molecule has 2 bridgehead atoms. The quantitative estimate of drug-likeness (QED) is 0.666. The topological polar surface area (TPSA) is 82.9 Å². The van der Waals surface area contributed by atoms with Crippen molar-refractivity contribution in [3.8, 4) is 17.6 Å². The molecule has 1 aromatic carbocycles. The van der Waals surface area contributed by atoms with E-state index in [0.717, 1.165) is 5.56 Å². The van der Waals surface area contributed by atoms with Crippen molar-refractivity contribution >= 4 is 33.4 Å². The summed E-state index contributed by atoms with van der Waals surface area (Å²) in [5.74, 6) is 0.884. The van der Waals surface area contributed by atoms with Gasteiger partial charge in [0.1, 0.15) is 0 Å². The molecular weight excluding hydrogens is 386 g/mol. The predicted octanol–water partition coefficient (Wildman–Crippen LogP) is 2.50. The van der Waals surface area contributed by atoms with Crippen molar-refractivity contribution in [2.45, 2.75) is 36.1 Å². The average molecular weight is 403 g/mol. The number of para-hydroxylation sites is 1. The van der Waals surface area contributed by atoms with Crippen molar-refractivity contribution in [1.29, 1.82) is 5.26 Å². The van der Waals surface area contributed by atoms with Crippen LogP contribution in [0.15, 0.2) is 18.2 Å². The molecule has 1 aromatic rings. The minimum absolute atomic E-state index is 0.103. The molecule has 140 valence electrons. The van der Waals surface area contributed by atoms with E-state index in [0.29, 0.717) is 11.5 Å². The lowest BCUT2D eigenvalue weighted by Crippen LogP contribution is -2.73. The third kappa shape index (κ3) is 1.81. The summed E-state index contributed by atoms with van der Waals surface area (Å²) in [5, 5.41) is 10.1. The molecule has 2 amide bonds. The highest BCUT2D eigenvalue weighted by Gasteiger charge is 2.75. The Balaban J connectivity index is 1.75. The molecule has 1 spiro atoms. The zero-order valence-electron chi connectivity index (χ0n) is 15.0. The van der Waals surface area contributed by atoms with Gasteiger partial charge in [0, 0.05) is 19.0 Å². The van der Waals surface area contributed by atoms with E-state index in [2.05, 4.69) is 6.07 Å². The average Bonchev–Trinajstić information content (AvgIpc) is 3.24. The maximum absolute atomic E-state index is 13.5. The Labute approximate surface area is 164 Å². The number of carbonyl (C=O) groups excluding carboxylic acids is 2. The molecule has 0 saturated carbocycles. The number of hydrogen-bond acceptors (Lipinski definition) is 7. The molecule has 0 radical (unpaired) electrons.